The van der Waals surface area contributed by atoms with Gasteiger partial charge in [0.25, 0.3) is 0 Å². The minimum absolute atomic E-state index is 0.550. The lowest BCUT2D eigenvalue weighted by Gasteiger charge is -2.67. The van der Waals surface area contributed by atoms with Crippen molar-refractivity contribution in [1.29, 1.82) is 0 Å². The second-order valence-corrected chi connectivity index (χ2v) is 23.7. The zero-order valence-electron chi connectivity index (χ0n) is 26.2. The molecule has 0 aromatic heterocycles. The summed E-state index contributed by atoms with van der Waals surface area (Å²) >= 11 is 0. The van der Waals surface area contributed by atoms with Gasteiger partial charge >= 0.3 is 0 Å². The molecule has 200 valence electrons. The van der Waals surface area contributed by atoms with Crippen LogP contribution in [-0.2, 0) is 0 Å². The van der Waals surface area contributed by atoms with Crippen LogP contribution in [0.2, 0.25) is 22.2 Å². The Labute approximate surface area is 213 Å². The highest BCUT2D eigenvalue weighted by molar-refractivity contribution is 6.92. The summed E-state index contributed by atoms with van der Waals surface area (Å²) in [4.78, 5) is 0. The Kier molecular flexibility index (Phi) is 13.2. The van der Waals surface area contributed by atoms with Gasteiger partial charge in [-0.15, -0.1) is 0 Å². The van der Waals surface area contributed by atoms with Gasteiger partial charge in [-0.1, -0.05) is 125 Å². The fourth-order valence-electron chi connectivity index (χ4n) is 7.84. The van der Waals surface area contributed by atoms with E-state index in [0.717, 1.165) is 0 Å². The van der Waals surface area contributed by atoms with Gasteiger partial charge in [0.15, 0.2) is 0 Å². The van der Waals surface area contributed by atoms with E-state index in [2.05, 4.69) is 138 Å². The van der Waals surface area contributed by atoms with E-state index < -0.39 is 16.8 Å². The van der Waals surface area contributed by atoms with Crippen molar-refractivity contribution in [2.75, 3.05) is 6.54 Å². The molecule has 0 rings (SSSR count). The van der Waals surface area contributed by atoms with Gasteiger partial charge < -0.3 is 13.4 Å². The van der Waals surface area contributed by atoms with Crippen molar-refractivity contribution >= 4 is 16.8 Å². The van der Waals surface area contributed by atoms with E-state index in [1.165, 1.54) is 6.54 Å². The molecule has 0 N–H and O–H groups in total. The van der Waals surface area contributed by atoms with E-state index in [-0.39, 0.29) is 0 Å². The zero-order valence-corrected chi connectivity index (χ0v) is 28.2. The van der Waals surface area contributed by atoms with E-state index in [1.807, 2.05) is 0 Å². The van der Waals surface area contributed by atoms with E-state index in [0.29, 0.717) is 52.2 Å². The van der Waals surface area contributed by atoms with E-state index in [4.69, 9.17) is 0 Å². The topological polar surface area (TPSA) is 9.72 Å². The monoisotopic (exact) mass is 499 g/mol. The smallest absolute Gasteiger partial charge is 0.206 e. The third-order valence-electron chi connectivity index (χ3n) is 7.86. The van der Waals surface area contributed by atoms with Crippen LogP contribution in [-0.4, -0.2) is 60.9 Å². The highest BCUT2D eigenvalue weighted by Crippen LogP contribution is 2.50. The highest BCUT2D eigenvalue weighted by atomic mass is 28.4. The lowest BCUT2D eigenvalue weighted by atomic mass is 10.2. The Morgan fingerprint density at radius 1 is 0.394 bits per heavy atom. The van der Waals surface area contributed by atoms with Crippen molar-refractivity contribution in [3.05, 3.63) is 0 Å². The maximum atomic E-state index is 3.31. The van der Waals surface area contributed by atoms with Crippen LogP contribution in [0.3, 0.4) is 0 Å². The van der Waals surface area contributed by atoms with Crippen LogP contribution in [0.5, 0.6) is 0 Å². The molecule has 0 bridgehead atoms. The van der Waals surface area contributed by atoms with Crippen LogP contribution >= 0.6 is 0 Å². The van der Waals surface area contributed by atoms with Crippen molar-refractivity contribution in [3.8, 4) is 0 Å². The fraction of sp³-hybridized carbons (Fsp3) is 1.00. The van der Waals surface area contributed by atoms with Gasteiger partial charge in [0, 0.05) is 0 Å². The molecule has 0 unspecified atom stereocenters. The number of nitrogens with zero attached hydrogens (tertiary/aromatic N) is 3. The first-order chi connectivity index (χ1) is 14.9. The first-order valence-electron chi connectivity index (χ1n) is 14.2. The molecule has 3 nitrogen and oxygen atoms in total. The molecule has 0 amide bonds. The Bertz CT molecular complexity index is 477. The molecule has 0 heterocycles. The molecule has 0 spiro atoms. The molecular formula is C28H65N3Si2. The van der Waals surface area contributed by atoms with E-state index in [1.54, 1.807) is 0 Å². The van der Waals surface area contributed by atoms with Crippen LogP contribution in [0.25, 0.3) is 0 Å². The first-order valence-corrected chi connectivity index (χ1v) is 18.3. The molecule has 0 aliphatic rings. The summed E-state index contributed by atoms with van der Waals surface area (Å²) in [6.45, 7) is 46.3. The second-order valence-electron chi connectivity index (χ2n) is 13.4. The molecule has 0 fully saturated rings. The minimum atomic E-state index is -2.13. The molecule has 33 heavy (non-hydrogen) atoms. The van der Waals surface area contributed by atoms with Gasteiger partial charge in [0.2, 0.25) is 16.8 Å². The van der Waals surface area contributed by atoms with Gasteiger partial charge in [0.05, 0.1) is 0 Å². The number of rotatable bonds is 14. The summed E-state index contributed by atoms with van der Waals surface area (Å²) < 4.78 is 9.39. The van der Waals surface area contributed by atoms with Gasteiger partial charge in [0.1, 0.15) is 0 Å². The Balaban J connectivity index is 7.93. The molecule has 0 saturated heterocycles. The Morgan fingerprint density at radius 2 is 0.606 bits per heavy atom. The normalized spacial score (nSPS) is 14.7. The number of hydrogen-bond acceptors (Lipinski definition) is 3. The minimum Gasteiger partial charge on any atom is -0.320 e. The summed E-state index contributed by atoms with van der Waals surface area (Å²) in [6, 6.07) is 2.20. The molecule has 0 atom stereocenters. The van der Waals surface area contributed by atoms with E-state index in [9.17, 15) is 0 Å². The molecular weight excluding hydrogens is 435 g/mol. The molecule has 0 saturated carbocycles. The molecule has 0 aromatic carbocycles. The summed E-state index contributed by atoms with van der Waals surface area (Å²) in [5.41, 5.74) is 2.64. The van der Waals surface area contributed by atoms with Crippen molar-refractivity contribution in [2.45, 2.75) is 171 Å². The average molecular weight is 500 g/mol. The molecule has 0 radical (unpaired) electrons. The Morgan fingerprint density at radius 3 is 0.727 bits per heavy atom. The van der Waals surface area contributed by atoms with Gasteiger partial charge in [-0.25, -0.2) is 0 Å². The van der Waals surface area contributed by atoms with Crippen molar-refractivity contribution in [2.24, 2.45) is 5.92 Å². The maximum Gasteiger partial charge on any atom is 0.206 e. The SMILES string of the molecule is CC(C)CN([Si](C(C)C)(C(C)C)N(C(C)C)C(C)C)[Si](C(C)C)(C(C)C)N(C(C)C)C(C)C. The lowest BCUT2D eigenvalue weighted by molar-refractivity contribution is 0.214. The second kappa shape index (κ2) is 13.0. The summed E-state index contributed by atoms with van der Waals surface area (Å²) in [5, 5.41) is 0. The largest absolute Gasteiger partial charge is 0.320 e. The molecule has 5 heteroatoms. The average Bonchev–Trinajstić information content (AvgIpc) is 2.59. The molecule has 0 aliphatic carbocycles. The Hall–Kier alpha value is 0.314. The van der Waals surface area contributed by atoms with Crippen molar-refractivity contribution in [3.63, 3.8) is 0 Å². The first kappa shape index (κ1) is 33.3. The number of hydrogen-bond donors (Lipinski definition) is 0. The fourth-order valence-corrected chi connectivity index (χ4v) is 26.7. The van der Waals surface area contributed by atoms with Gasteiger partial charge in [-0.05, 0) is 58.8 Å². The standard InChI is InChI=1S/C28H65N3Si2/c1-20(2)19-29(32(25(11)12,26(13)14)30(21(3)4)22(5)6)33(27(15)16,28(17)18)31(23(7)8)24(9)10/h20-28H,19H2,1-18H3. The van der Waals surface area contributed by atoms with Crippen LogP contribution < -0.4 is 0 Å². The highest BCUT2D eigenvalue weighted by Gasteiger charge is 2.63. The third kappa shape index (κ3) is 6.36. The quantitative estimate of drug-likeness (QED) is 0.221. The van der Waals surface area contributed by atoms with E-state index >= 15 is 0 Å². The summed E-state index contributed by atoms with van der Waals surface area (Å²) in [6.07, 6.45) is 0. The molecule has 0 aromatic rings. The van der Waals surface area contributed by atoms with Crippen molar-refractivity contribution < 1.29 is 0 Å². The van der Waals surface area contributed by atoms with Crippen LogP contribution in [0.4, 0.5) is 0 Å². The maximum absolute atomic E-state index is 3.31. The van der Waals surface area contributed by atoms with Crippen molar-refractivity contribution in [1.82, 2.24) is 13.4 Å². The van der Waals surface area contributed by atoms with Crippen LogP contribution in [0.15, 0.2) is 0 Å². The van der Waals surface area contributed by atoms with Gasteiger partial charge in [-0.3, -0.25) is 0 Å². The predicted molar refractivity (Wildman–Crippen MR) is 158 cm³/mol. The summed E-state index contributed by atoms with van der Waals surface area (Å²) in [5.74, 6) is 0.654. The summed E-state index contributed by atoms with van der Waals surface area (Å²) in [7, 11) is -4.25. The van der Waals surface area contributed by atoms with Crippen LogP contribution in [0.1, 0.15) is 125 Å². The predicted octanol–water partition coefficient (Wildman–Crippen LogP) is 8.71. The van der Waals surface area contributed by atoms with Gasteiger partial charge in [-0.2, -0.15) is 0 Å². The third-order valence-corrected chi connectivity index (χ3v) is 22.6. The molecule has 0 aliphatic heterocycles. The lowest BCUT2D eigenvalue weighted by Crippen LogP contribution is -2.84. The van der Waals surface area contributed by atoms with Crippen LogP contribution in [0, 0.1) is 5.92 Å². The zero-order chi connectivity index (χ0) is 26.6.